The van der Waals surface area contributed by atoms with Crippen molar-refractivity contribution in [3.8, 4) is 0 Å². The van der Waals surface area contributed by atoms with Gasteiger partial charge >= 0.3 is 0 Å². The Morgan fingerprint density at radius 1 is 1.24 bits per heavy atom. The molecule has 2 rings (SSSR count). The van der Waals surface area contributed by atoms with E-state index >= 15 is 0 Å². The molecule has 21 heavy (non-hydrogen) atoms. The largest absolute Gasteiger partial charge is 0.380 e. The molecule has 0 aliphatic heterocycles. The van der Waals surface area contributed by atoms with Crippen LogP contribution in [0.2, 0.25) is 0 Å². The third-order valence-electron chi connectivity index (χ3n) is 3.20. The Bertz CT molecular complexity index is 703. The Hall–Kier alpha value is -1.70. The van der Waals surface area contributed by atoms with E-state index in [1.54, 1.807) is 21.0 Å². The lowest BCUT2D eigenvalue weighted by Crippen LogP contribution is -2.24. The van der Waals surface area contributed by atoms with E-state index in [0.29, 0.717) is 18.0 Å². The first-order valence-electron chi connectivity index (χ1n) is 6.52. The Morgan fingerprint density at radius 3 is 2.48 bits per heavy atom. The Labute approximate surface area is 124 Å². The van der Waals surface area contributed by atoms with Gasteiger partial charge in [0.05, 0.1) is 18.0 Å². The molecule has 114 valence electrons. The van der Waals surface area contributed by atoms with Crippen LogP contribution in [0, 0.1) is 13.8 Å². The zero-order chi connectivity index (χ0) is 15.5. The minimum absolute atomic E-state index is 0.214. The predicted molar refractivity (Wildman–Crippen MR) is 79.2 cm³/mol. The molecule has 0 bridgehead atoms. The molecule has 0 atom stereocenters. The summed E-state index contributed by atoms with van der Waals surface area (Å²) in [4.78, 5) is 0.215. The zero-order valence-corrected chi connectivity index (χ0v) is 13.1. The SMILES string of the molecule is COCc1ccccc1CNS(=O)(=O)c1c(C)n[nH]c1C. The van der Waals surface area contributed by atoms with Crippen LogP contribution in [-0.2, 0) is 27.9 Å². The van der Waals surface area contributed by atoms with Crippen LogP contribution in [0.15, 0.2) is 29.2 Å². The molecule has 1 heterocycles. The van der Waals surface area contributed by atoms with Crippen LogP contribution in [0.1, 0.15) is 22.5 Å². The number of hydrogen-bond acceptors (Lipinski definition) is 4. The molecule has 2 N–H and O–H groups in total. The fourth-order valence-corrected chi connectivity index (χ4v) is 3.58. The summed E-state index contributed by atoms with van der Waals surface area (Å²) in [5.41, 5.74) is 2.85. The van der Waals surface area contributed by atoms with Crippen molar-refractivity contribution in [2.24, 2.45) is 0 Å². The quantitative estimate of drug-likeness (QED) is 0.850. The number of ether oxygens (including phenoxy) is 1. The second kappa shape index (κ2) is 6.38. The molecule has 7 heteroatoms. The van der Waals surface area contributed by atoms with Gasteiger partial charge in [-0.3, -0.25) is 5.10 Å². The summed E-state index contributed by atoms with van der Waals surface area (Å²) < 4.78 is 32.5. The number of H-pyrrole nitrogens is 1. The number of hydrogen-bond donors (Lipinski definition) is 2. The number of sulfonamides is 1. The van der Waals surface area contributed by atoms with E-state index in [2.05, 4.69) is 14.9 Å². The normalized spacial score (nSPS) is 11.8. The third-order valence-corrected chi connectivity index (χ3v) is 4.86. The molecule has 0 fully saturated rings. The lowest BCUT2D eigenvalue weighted by Gasteiger charge is -2.10. The van der Waals surface area contributed by atoms with Gasteiger partial charge in [-0.2, -0.15) is 5.10 Å². The molecule has 0 aliphatic carbocycles. The van der Waals surface area contributed by atoms with Crippen molar-refractivity contribution in [1.29, 1.82) is 0 Å². The fraction of sp³-hybridized carbons (Fsp3) is 0.357. The number of rotatable bonds is 6. The smallest absolute Gasteiger partial charge is 0.244 e. The third kappa shape index (κ3) is 3.49. The van der Waals surface area contributed by atoms with Crippen LogP contribution >= 0.6 is 0 Å². The first kappa shape index (κ1) is 15.7. The van der Waals surface area contributed by atoms with E-state index in [0.717, 1.165) is 11.1 Å². The number of nitrogens with one attached hydrogen (secondary N) is 2. The number of benzene rings is 1. The molecular weight excluding hydrogens is 290 g/mol. The first-order valence-corrected chi connectivity index (χ1v) is 8.01. The molecule has 0 unspecified atom stereocenters. The summed E-state index contributed by atoms with van der Waals surface area (Å²) in [5.74, 6) is 0. The van der Waals surface area contributed by atoms with Gasteiger partial charge in [0.2, 0.25) is 10.0 Å². The molecule has 0 saturated heterocycles. The highest BCUT2D eigenvalue weighted by Gasteiger charge is 2.22. The van der Waals surface area contributed by atoms with Gasteiger partial charge in [0, 0.05) is 13.7 Å². The van der Waals surface area contributed by atoms with E-state index in [-0.39, 0.29) is 11.4 Å². The van der Waals surface area contributed by atoms with Crippen LogP contribution in [0.25, 0.3) is 0 Å². The van der Waals surface area contributed by atoms with Crippen molar-refractivity contribution >= 4 is 10.0 Å². The number of aromatic amines is 1. The Kier molecular flexibility index (Phi) is 4.76. The minimum Gasteiger partial charge on any atom is -0.380 e. The van der Waals surface area contributed by atoms with Gasteiger partial charge in [-0.05, 0) is 25.0 Å². The Morgan fingerprint density at radius 2 is 1.90 bits per heavy atom. The van der Waals surface area contributed by atoms with Crippen LogP contribution in [0.3, 0.4) is 0 Å². The second-order valence-corrected chi connectivity index (χ2v) is 6.49. The van der Waals surface area contributed by atoms with Crippen LogP contribution in [0.4, 0.5) is 0 Å². The van der Waals surface area contributed by atoms with Crippen LogP contribution in [-0.4, -0.2) is 25.7 Å². The highest BCUT2D eigenvalue weighted by molar-refractivity contribution is 7.89. The number of nitrogens with zero attached hydrogens (tertiary/aromatic N) is 1. The van der Waals surface area contributed by atoms with Gasteiger partial charge in [-0.15, -0.1) is 0 Å². The van der Waals surface area contributed by atoms with Crippen LogP contribution < -0.4 is 4.72 Å². The van der Waals surface area contributed by atoms with E-state index in [9.17, 15) is 8.42 Å². The summed E-state index contributed by atoms with van der Waals surface area (Å²) in [7, 11) is -1.98. The van der Waals surface area contributed by atoms with Crippen molar-refractivity contribution in [2.75, 3.05) is 7.11 Å². The summed E-state index contributed by atoms with van der Waals surface area (Å²) in [6.45, 7) is 4.01. The summed E-state index contributed by atoms with van der Waals surface area (Å²) in [6.07, 6.45) is 0. The number of methoxy groups -OCH3 is 1. The van der Waals surface area contributed by atoms with E-state index in [1.165, 1.54) is 0 Å². The highest BCUT2D eigenvalue weighted by Crippen LogP contribution is 2.17. The van der Waals surface area contributed by atoms with Crippen molar-refractivity contribution in [3.05, 3.63) is 46.8 Å². The van der Waals surface area contributed by atoms with Crippen molar-refractivity contribution in [1.82, 2.24) is 14.9 Å². The maximum Gasteiger partial charge on any atom is 0.244 e. The monoisotopic (exact) mass is 309 g/mol. The van der Waals surface area contributed by atoms with Crippen molar-refractivity contribution in [2.45, 2.75) is 31.9 Å². The van der Waals surface area contributed by atoms with Crippen molar-refractivity contribution < 1.29 is 13.2 Å². The average molecular weight is 309 g/mol. The number of aryl methyl sites for hydroxylation is 2. The fourth-order valence-electron chi connectivity index (χ4n) is 2.21. The molecule has 0 spiro atoms. The van der Waals surface area contributed by atoms with Gasteiger partial charge in [0.15, 0.2) is 0 Å². The molecule has 2 aromatic rings. The van der Waals surface area contributed by atoms with Crippen LogP contribution in [0.5, 0.6) is 0 Å². The van der Waals surface area contributed by atoms with Gasteiger partial charge in [0.25, 0.3) is 0 Å². The second-order valence-electron chi connectivity index (χ2n) is 4.79. The maximum atomic E-state index is 12.4. The first-order chi connectivity index (χ1) is 9.95. The van der Waals surface area contributed by atoms with Gasteiger partial charge in [-0.25, -0.2) is 13.1 Å². The lowest BCUT2D eigenvalue weighted by molar-refractivity contribution is 0.184. The molecule has 1 aromatic carbocycles. The molecule has 0 saturated carbocycles. The van der Waals surface area contributed by atoms with Crippen molar-refractivity contribution in [3.63, 3.8) is 0 Å². The Balaban J connectivity index is 2.20. The summed E-state index contributed by atoms with van der Waals surface area (Å²) >= 11 is 0. The topological polar surface area (TPSA) is 84.1 Å². The molecule has 0 amide bonds. The average Bonchev–Trinajstić information content (AvgIpc) is 2.78. The summed E-state index contributed by atoms with van der Waals surface area (Å²) in [5, 5.41) is 6.60. The van der Waals surface area contributed by atoms with E-state index < -0.39 is 10.0 Å². The predicted octanol–water partition coefficient (Wildman–Crippen LogP) is 1.65. The standard InChI is InChI=1S/C14H19N3O3S/c1-10-14(11(2)17-16-10)21(18,19)15-8-12-6-4-5-7-13(12)9-20-3/h4-7,15H,8-9H2,1-3H3,(H,16,17). The van der Waals surface area contributed by atoms with Gasteiger partial charge < -0.3 is 4.74 Å². The zero-order valence-electron chi connectivity index (χ0n) is 12.3. The minimum atomic E-state index is -3.59. The number of aromatic nitrogens is 2. The highest BCUT2D eigenvalue weighted by atomic mass is 32.2. The van der Waals surface area contributed by atoms with E-state index in [1.807, 2.05) is 24.3 Å². The maximum absolute atomic E-state index is 12.4. The molecular formula is C14H19N3O3S. The van der Waals surface area contributed by atoms with E-state index in [4.69, 9.17) is 4.74 Å². The molecule has 6 nitrogen and oxygen atoms in total. The lowest BCUT2D eigenvalue weighted by atomic mass is 10.1. The molecule has 0 radical (unpaired) electrons. The van der Waals surface area contributed by atoms with Gasteiger partial charge in [-0.1, -0.05) is 24.3 Å². The molecule has 0 aliphatic rings. The van der Waals surface area contributed by atoms with Gasteiger partial charge in [0.1, 0.15) is 4.90 Å². The molecule has 1 aromatic heterocycles. The summed E-state index contributed by atoms with van der Waals surface area (Å²) in [6, 6.07) is 7.57.